The fraction of sp³-hybridized carbons (Fsp3) is 0.0769. The summed E-state index contributed by atoms with van der Waals surface area (Å²) < 4.78 is 13.1. The molecule has 0 saturated heterocycles. The van der Waals surface area contributed by atoms with E-state index in [0.29, 0.717) is 11.3 Å². The zero-order valence-electron chi connectivity index (χ0n) is 9.14. The third-order valence-electron chi connectivity index (χ3n) is 2.46. The van der Waals surface area contributed by atoms with Crippen molar-refractivity contribution >= 4 is 5.97 Å². The summed E-state index contributed by atoms with van der Waals surface area (Å²) in [5.41, 5.74) is 2.05. The van der Waals surface area contributed by atoms with Crippen LogP contribution in [0, 0.1) is 12.7 Å². The summed E-state index contributed by atoms with van der Waals surface area (Å²) in [5.74, 6) is -1.28. The van der Waals surface area contributed by atoms with Gasteiger partial charge in [0, 0.05) is 11.8 Å². The molecule has 0 atom stereocenters. The maximum atomic E-state index is 13.1. The summed E-state index contributed by atoms with van der Waals surface area (Å²) in [6.07, 6.45) is 1.29. The first-order valence-electron chi connectivity index (χ1n) is 5.04. The predicted octanol–water partition coefficient (Wildman–Crippen LogP) is 2.89. The number of carbonyl (C=O) groups is 1. The number of carboxylic acid groups (broad SMARTS) is 1. The van der Waals surface area contributed by atoms with Crippen molar-refractivity contribution in [1.82, 2.24) is 4.98 Å². The van der Waals surface area contributed by atoms with Gasteiger partial charge in [-0.15, -0.1) is 0 Å². The number of halogens is 1. The highest BCUT2D eigenvalue weighted by molar-refractivity contribution is 5.87. The zero-order valence-corrected chi connectivity index (χ0v) is 9.14. The zero-order chi connectivity index (χ0) is 12.4. The van der Waals surface area contributed by atoms with Crippen molar-refractivity contribution in [3.8, 4) is 11.3 Å². The Labute approximate surface area is 97.6 Å². The number of hydrogen-bond donors (Lipinski definition) is 1. The molecule has 1 N–H and O–H groups in total. The Hall–Kier alpha value is -2.23. The molecule has 0 fully saturated rings. The second-order valence-corrected chi connectivity index (χ2v) is 3.70. The molecule has 86 valence electrons. The Balaban J connectivity index is 2.39. The molecule has 0 radical (unpaired) electrons. The predicted molar refractivity (Wildman–Crippen MR) is 61.3 cm³/mol. The van der Waals surface area contributed by atoms with Crippen LogP contribution in [0.4, 0.5) is 4.39 Å². The number of aryl methyl sites for hydroxylation is 1. The Morgan fingerprint density at radius 3 is 2.59 bits per heavy atom. The molecule has 0 amide bonds. The monoisotopic (exact) mass is 231 g/mol. The lowest BCUT2D eigenvalue weighted by Gasteiger charge is -2.03. The molecule has 0 spiro atoms. The molecule has 1 aromatic heterocycles. The molecule has 3 nitrogen and oxygen atoms in total. The normalized spacial score (nSPS) is 10.2. The quantitative estimate of drug-likeness (QED) is 0.864. The summed E-state index contributed by atoms with van der Waals surface area (Å²) in [5, 5.41) is 8.74. The van der Waals surface area contributed by atoms with Gasteiger partial charge in [0.15, 0.2) is 0 Å². The van der Waals surface area contributed by atoms with Gasteiger partial charge in [0.05, 0.1) is 11.3 Å². The van der Waals surface area contributed by atoms with E-state index in [1.807, 2.05) is 0 Å². The van der Waals surface area contributed by atoms with Crippen molar-refractivity contribution in [3.05, 3.63) is 53.5 Å². The van der Waals surface area contributed by atoms with Crippen LogP contribution in [-0.2, 0) is 0 Å². The summed E-state index contributed by atoms with van der Waals surface area (Å²) in [7, 11) is 0. The van der Waals surface area contributed by atoms with E-state index in [-0.39, 0.29) is 11.4 Å². The summed E-state index contributed by atoms with van der Waals surface area (Å²) in [6.45, 7) is 1.67. The van der Waals surface area contributed by atoms with Gasteiger partial charge in [0.1, 0.15) is 5.82 Å². The molecule has 2 aromatic rings. The average Bonchev–Trinajstić information content (AvgIpc) is 2.33. The third kappa shape index (κ3) is 2.30. The van der Waals surface area contributed by atoms with E-state index in [4.69, 9.17) is 5.11 Å². The van der Waals surface area contributed by atoms with Crippen LogP contribution in [-0.4, -0.2) is 16.1 Å². The maximum absolute atomic E-state index is 13.1. The minimum atomic E-state index is -1.01. The fourth-order valence-electron chi connectivity index (χ4n) is 1.50. The highest BCUT2D eigenvalue weighted by atomic mass is 19.1. The molecule has 0 saturated carbocycles. The lowest BCUT2D eigenvalue weighted by atomic mass is 10.1. The smallest absolute Gasteiger partial charge is 0.337 e. The number of rotatable bonds is 2. The van der Waals surface area contributed by atoms with Gasteiger partial charge in [-0.25, -0.2) is 9.18 Å². The molecule has 0 unspecified atom stereocenters. The Bertz CT molecular complexity index is 564. The molecule has 17 heavy (non-hydrogen) atoms. The molecule has 1 heterocycles. The number of aromatic nitrogens is 1. The number of carboxylic acids is 1. The highest BCUT2D eigenvalue weighted by Crippen LogP contribution is 2.20. The van der Waals surface area contributed by atoms with Crippen LogP contribution in [0.5, 0.6) is 0 Å². The van der Waals surface area contributed by atoms with Gasteiger partial charge < -0.3 is 5.11 Å². The van der Waals surface area contributed by atoms with E-state index in [1.54, 1.807) is 25.1 Å². The van der Waals surface area contributed by atoms with Gasteiger partial charge >= 0.3 is 5.97 Å². The number of hydrogen-bond acceptors (Lipinski definition) is 2. The number of aromatic carboxylic acids is 1. The average molecular weight is 231 g/mol. The van der Waals surface area contributed by atoms with E-state index in [9.17, 15) is 9.18 Å². The Morgan fingerprint density at radius 2 is 2.06 bits per heavy atom. The van der Waals surface area contributed by atoms with Crippen molar-refractivity contribution in [3.63, 3.8) is 0 Å². The van der Waals surface area contributed by atoms with Crippen LogP contribution >= 0.6 is 0 Å². The molecule has 0 aliphatic rings. The minimum absolute atomic E-state index is 0.132. The van der Waals surface area contributed by atoms with Crippen LogP contribution in [0.1, 0.15) is 15.9 Å². The summed E-state index contributed by atoms with van der Waals surface area (Å²) >= 11 is 0. The third-order valence-corrected chi connectivity index (χ3v) is 2.46. The number of pyridine rings is 1. The topological polar surface area (TPSA) is 50.2 Å². The molecular formula is C13H10FNO2. The molecular weight excluding hydrogens is 221 g/mol. The number of nitrogens with zero attached hydrogens (tertiary/aromatic N) is 1. The van der Waals surface area contributed by atoms with Gasteiger partial charge in [-0.1, -0.05) is 0 Å². The standard InChI is InChI=1S/C13H10FNO2/c1-8-6-9(2-4-11(8)14)12-5-3-10(7-15-12)13(16)17/h2-7H,1H3,(H,16,17). The first-order valence-corrected chi connectivity index (χ1v) is 5.04. The minimum Gasteiger partial charge on any atom is -0.478 e. The van der Waals surface area contributed by atoms with Crippen LogP contribution in [0.3, 0.4) is 0 Å². The van der Waals surface area contributed by atoms with Crippen molar-refractivity contribution in [1.29, 1.82) is 0 Å². The second-order valence-electron chi connectivity index (χ2n) is 3.70. The molecule has 4 heteroatoms. The maximum Gasteiger partial charge on any atom is 0.337 e. The van der Waals surface area contributed by atoms with Crippen LogP contribution in [0.2, 0.25) is 0 Å². The van der Waals surface area contributed by atoms with Crippen molar-refractivity contribution in [2.24, 2.45) is 0 Å². The van der Waals surface area contributed by atoms with Gasteiger partial charge in [0.25, 0.3) is 0 Å². The Morgan fingerprint density at radius 1 is 1.29 bits per heavy atom. The van der Waals surface area contributed by atoms with Crippen molar-refractivity contribution in [2.45, 2.75) is 6.92 Å². The van der Waals surface area contributed by atoms with Crippen molar-refractivity contribution < 1.29 is 14.3 Å². The van der Waals surface area contributed by atoms with E-state index in [1.165, 1.54) is 18.3 Å². The van der Waals surface area contributed by atoms with E-state index in [2.05, 4.69) is 4.98 Å². The van der Waals surface area contributed by atoms with E-state index in [0.717, 1.165) is 5.56 Å². The fourth-order valence-corrected chi connectivity index (χ4v) is 1.50. The highest BCUT2D eigenvalue weighted by Gasteiger charge is 2.05. The lowest BCUT2D eigenvalue weighted by Crippen LogP contribution is -1.97. The SMILES string of the molecule is Cc1cc(-c2ccc(C(=O)O)cn2)ccc1F. The Kier molecular flexibility index (Phi) is 2.87. The number of benzene rings is 1. The summed E-state index contributed by atoms with van der Waals surface area (Å²) in [6, 6.07) is 7.75. The van der Waals surface area contributed by atoms with E-state index < -0.39 is 5.97 Å². The molecule has 0 aliphatic heterocycles. The largest absolute Gasteiger partial charge is 0.478 e. The first kappa shape index (κ1) is 11.3. The lowest BCUT2D eigenvalue weighted by molar-refractivity contribution is 0.0696. The molecule has 1 aromatic carbocycles. The van der Waals surface area contributed by atoms with Gasteiger partial charge in [0.2, 0.25) is 0 Å². The molecule has 2 rings (SSSR count). The molecule has 0 aliphatic carbocycles. The first-order chi connectivity index (χ1) is 8.08. The van der Waals surface area contributed by atoms with Crippen molar-refractivity contribution in [2.75, 3.05) is 0 Å². The van der Waals surface area contributed by atoms with E-state index >= 15 is 0 Å². The van der Waals surface area contributed by atoms with Gasteiger partial charge in [-0.3, -0.25) is 4.98 Å². The molecule has 0 bridgehead atoms. The van der Waals surface area contributed by atoms with Gasteiger partial charge in [-0.05, 0) is 42.8 Å². The summed E-state index contributed by atoms with van der Waals surface area (Å²) in [4.78, 5) is 14.7. The van der Waals surface area contributed by atoms with Crippen LogP contribution in [0.25, 0.3) is 11.3 Å². The van der Waals surface area contributed by atoms with Gasteiger partial charge in [-0.2, -0.15) is 0 Å². The second kappa shape index (κ2) is 4.33. The van der Waals surface area contributed by atoms with Crippen LogP contribution < -0.4 is 0 Å². The van der Waals surface area contributed by atoms with Crippen LogP contribution in [0.15, 0.2) is 36.5 Å².